The molecule has 0 saturated heterocycles. The summed E-state index contributed by atoms with van der Waals surface area (Å²) in [7, 11) is 1.59. The molecule has 1 fully saturated rings. The summed E-state index contributed by atoms with van der Waals surface area (Å²) in [6.07, 6.45) is 1.45. The van der Waals surface area contributed by atoms with Gasteiger partial charge in [0.25, 0.3) is 5.56 Å². The van der Waals surface area contributed by atoms with Crippen LogP contribution in [0.15, 0.2) is 59.4 Å². The second-order valence-corrected chi connectivity index (χ2v) is 6.57. The summed E-state index contributed by atoms with van der Waals surface area (Å²) in [5, 5.41) is 0.906. The lowest BCUT2D eigenvalue weighted by atomic mass is 9.95. The highest BCUT2D eigenvalue weighted by Gasteiger charge is 2.54. The molecule has 5 nitrogen and oxygen atoms in total. The Kier molecular flexibility index (Phi) is 3.99. The third-order valence-electron chi connectivity index (χ3n) is 4.95. The monoisotopic (exact) mass is 349 g/mol. The topological polar surface area (TPSA) is 68.4 Å². The van der Waals surface area contributed by atoms with E-state index in [0.29, 0.717) is 11.3 Å². The van der Waals surface area contributed by atoms with Gasteiger partial charge < -0.3 is 14.5 Å². The van der Waals surface area contributed by atoms with Gasteiger partial charge in [-0.25, -0.2) is 0 Å². The number of aromatic nitrogens is 1. The van der Waals surface area contributed by atoms with Crippen molar-refractivity contribution in [3.63, 3.8) is 0 Å². The molecule has 0 aliphatic heterocycles. The van der Waals surface area contributed by atoms with Crippen LogP contribution in [0.25, 0.3) is 10.9 Å². The minimum absolute atomic E-state index is 0.0457. The maximum absolute atomic E-state index is 12.8. The number of rotatable bonds is 5. The van der Waals surface area contributed by atoms with Crippen molar-refractivity contribution < 1.29 is 14.3 Å². The van der Waals surface area contributed by atoms with E-state index in [1.807, 2.05) is 48.5 Å². The minimum Gasteiger partial charge on any atom is -0.496 e. The van der Waals surface area contributed by atoms with Gasteiger partial charge in [-0.3, -0.25) is 9.59 Å². The highest BCUT2D eigenvalue weighted by atomic mass is 16.5. The van der Waals surface area contributed by atoms with Gasteiger partial charge >= 0.3 is 5.97 Å². The molecule has 1 N–H and O–H groups in total. The van der Waals surface area contributed by atoms with Gasteiger partial charge in [0.05, 0.1) is 18.1 Å². The maximum atomic E-state index is 12.8. The van der Waals surface area contributed by atoms with Crippen molar-refractivity contribution in [3.8, 4) is 5.75 Å². The lowest BCUT2D eigenvalue weighted by Gasteiger charge is -2.17. The number of methoxy groups -OCH3 is 1. The van der Waals surface area contributed by atoms with Crippen LogP contribution in [0.5, 0.6) is 5.75 Å². The number of pyridine rings is 1. The molecule has 0 bridgehead atoms. The van der Waals surface area contributed by atoms with Crippen molar-refractivity contribution in [2.75, 3.05) is 7.11 Å². The smallest absolute Gasteiger partial charge is 0.317 e. The molecule has 0 unspecified atom stereocenters. The van der Waals surface area contributed by atoms with Gasteiger partial charge in [0.1, 0.15) is 12.4 Å². The van der Waals surface area contributed by atoms with Crippen molar-refractivity contribution in [1.82, 2.24) is 4.98 Å². The molecule has 26 heavy (non-hydrogen) atoms. The third-order valence-corrected chi connectivity index (χ3v) is 4.95. The quantitative estimate of drug-likeness (QED) is 0.718. The van der Waals surface area contributed by atoms with Crippen molar-refractivity contribution >= 4 is 16.9 Å². The van der Waals surface area contributed by atoms with E-state index in [1.54, 1.807) is 13.2 Å². The third kappa shape index (κ3) is 2.75. The van der Waals surface area contributed by atoms with Crippen LogP contribution in [0, 0.1) is 0 Å². The molecule has 4 rings (SSSR count). The summed E-state index contributed by atoms with van der Waals surface area (Å²) in [6, 6.07) is 16.8. The summed E-state index contributed by atoms with van der Waals surface area (Å²) in [5.74, 6) is 0.375. The number of carbonyl (C=O) groups excluding carboxylic acids is 1. The standard InChI is InChI=1S/C21H19NO4/c1-25-18-9-5-3-7-16(18)21(10-11-21)20(24)26-13-15-12-14-6-2-4-8-17(14)22-19(15)23/h2-9,12H,10-11,13H2,1H3,(H,22,23). The second kappa shape index (κ2) is 6.33. The van der Waals surface area contributed by atoms with Gasteiger partial charge in [-0.2, -0.15) is 0 Å². The van der Waals surface area contributed by atoms with Gasteiger partial charge in [0.2, 0.25) is 0 Å². The average Bonchev–Trinajstić information content (AvgIpc) is 3.48. The molecule has 1 aliphatic carbocycles. The van der Waals surface area contributed by atoms with Crippen LogP contribution in [-0.4, -0.2) is 18.1 Å². The van der Waals surface area contributed by atoms with Gasteiger partial charge in [-0.1, -0.05) is 36.4 Å². The molecule has 0 spiro atoms. The van der Waals surface area contributed by atoms with Crippen LogP contribution in [0.3, 0.4) is 0 Å². The van der Waals surface area contributed by atoms with E-state index < -0.39 is 5.41 Å². The van der Waals surface area contributed by atoms with Crippen LogP contribution >= 0.6 is 0 Å². The van der Waals surface area contributed by atoms with Gasteiger partial charge in [0, 0.05) is 11.1 Å². The van der Waals surface area contributed by atoms with Crippen molar-refractivity contribution in [2.45, 2.75) is 24.9 Å². The number of aromatic amines is 1. The molecule has 0 radical (unpaired) electrons. The first-order valence-corrected chi connectivity index (χ1v) is 8.56. The molecule has 1 aliphatic rings. The highest BCUT2D eigenvalue weighted by molar-refractivity contribution is 5.87. The van der Waals surface area contributed by atoms with E-state index in [9.17, 15) is 9.59 Å². The molecule has 2 aromatic carbocycles. The zero-order valence-corrected chi connectivity index (χ0v) is 14.5. The number of esters is 1. The van der Waals surface area contributed by atoms with E-state index in [2.05, 4.69) is 4.98 Å². The number of carbonyl (C=O) groups is 1. The fourth-order valence-electron chi connectivity index (χ4n) is 3.33. The Morgan fingerprint density at radius 1 is 1.12 bits per heavy atom. The molecule has 1 aromatic heterocycles. The lowest BCUT2D eigenvalue weighted by Crippen LogP contribution is -2.25. The maximum Gasteiger partial charge on any atom is 0.317 e. The predicted octanol–water partition coefficient (Wildman–Crippen LogP) is 3.31. The number of ether oxygens (including phenoxy) is 2. The summed E-state index contributed by atoms with van der Waals surface area (Å²) >= 11 is 0. The summed E-state index contributed by atoms with van der Waals surface area (Å²) < 4.78 is 10.9. The largest absolute Gasteiger partial charge is 0.496 e. The molecular weight excluding hydrogens is 330 g/mol. The van der Waals surface area contributed by atoms with Crippen LogP contribution < -0.4 is 10.3 Å². The molecule has 0 atom stereocenters. The van der Waals surface area contributed by atoms with Crippen molar-refractivity contribution in [1.29, 1.82) is 0 Å². The second-order valence-electron chi connectivity index (χ2n) is 6.57. The predicted molar refractivity (Wildman–Crippen MR) is 98.3 cm³/mol. The van der Waals surface area contributed by atoms with E-state index in [4.69, 9.17) is 9.47 Å². The van der Waals surface area contributed by atoms with E-state index >= 15 is 0 Å². The fraction of sp³-hybridized carbons (Fsp3) is 0.238. The van der Waals surface area contributed by atoms with Gasteiger partial charge in [-0.15, -0.1) is 0 Å². The fourth-order valence-corrected chi connectivity index (χ4v) is 3.33. The number of benzene rings is 2. The number of H-pyrrole nitrogens is 1. The number of nitrogens with one attached hydrogen (secondary N) is 1. The molecule has 5 heteroatoms. The van der Waals surface area contributed by atoms with Gasteiger partial charge in [-0.05, 0) is 36.4 Å². The number of fused-ring (bicyclic) bond motifs is 1. The Bertz CT molecular complexity index is 1030. The average molecular weight is 349 g/mol. The normalized spacial score (nSPS) is 14.8. The molecule has 1 heterocycles. The van der Waals surface area contributed by atoms with Crippen LogP contribution in [0.4, 0.5) is 0 Å². The summed E-state index contributed by atoms with van der Waals surface area (Å²) in [4.78, 5) is 27.8. The zero-order chi connectivity index (χ0) is 18.1. The van der Waals surface area contributed by atoms with Crippen LogP contribution in [0.1, 0.15) is 24.0 Å². The molecular formula is C21H19NO4. The van der Waals surface area contributed by atoms with Crippen molar-refractivity contribution in [2.24, 2.45) is 0 Å². The first kappa shape index (κ1) is 16.4. The van der Waals surface area contributed by atoms with Crippen LogP contribution in [-0.2, 0) is 21.6 Å². The highest BCUT2D eigenvalue weighted by Crippen LogP contribution is 2.52. The Balaban J connectivity index is 1.56. The number of para-hydroxylation sites is 2. The van der Waals surface area contributed by atoms with Gasteiger partial charge in [0.15, 0.2) is 0 Å². The first-order valence-electron chi connectivity index (χ1n) is 8.56. The first-order chi connectivity index (χ1) is 12.6. The summed E-state index contributed by atoms with van der Waals surface area (Å²) in [6.45, 7) is -0.0457. The Morgan fingerprint density at radius 2 is 1.85 bits per heavy atom. The zero-order valence-electron chi connectivity index (χ0n) is 14.5. The molecule has 132 valence electrons. The van der Waals surface area contributed by atoms with Crippen LogP contribution in [0.2, 0.25) is 0 Å². The molecule has 0 amide bonds. The number of hydrogen-bond acceptors (Lipinski definition) is 4. The van der Waals surface area contributed by atoms with E-state index in [-0.39, 0.29) is 18.1 Å². The lowest BCUT2D eigenvalue weighted by molar-refractivity contribution is -0.148. The van der Waals surface area contributed by atoms with Crippen molar-refractivity contribution in [3.05, 3.63) is 76.1 Å². The Morgan fingerprint density at radius 3 is 2.62 bits per heavy atom. The Hall–Kier alpha value is -3.08. The van der Waals surface area contributed by atoms with E-state index in [1.165, 1.54) is 0 Å². The molecule has 1 saturated carbocycles. The SMILES string of the molecule is COc1ccccc1C1(C(=O)OCc2cc3ccccc3[nH]c2=O)CC1. The minimum atomic E-state index is -0.657. The van der Waals surface area contributed by atoms with E-state index in [0.717, 1.165) is 29.3 Å². The summed E-state index contributed by atoms with van der Waals surface area (Å²) in [5.41, 5.74) is 1.16. The number of hydrogen-bond donors (Lipinski definition) is 1. The Labute approximate surface area is 150 Å². The molecule has 3 aromatic rings.